The van der Waals surface area contributed by atoms with Crippen LogP contribution in [0.2, 0.25) is 5.02 Å². The molecular weight excluding hydrogens is 370 g/mol. The van der Waals surface area contributed by atoms with Crippen molar-refractivity contribution in [3.63, 3.8) is 0 Å². The molecule has 1 fully saturated rings. The van der Waals surface area contributed by atoms with Crippen molar-refractivity contribution in [2.24, 2.45) is 0 Å². The molecule has 0 aliphatic heterocycles. The summed E-state index contributed by atoms with van der Waals surface area (Å²) in [4.78, 5) is 20.2. The lowest BCUT2D eigenvalue weighted by Gasteiger charge is -2.28. The van der Waals surface area contributed by atoms with Gasteiger partial charge >= 0.3 is 6.01 Å². The Bertz CT molecular complexity index is 749. The zero-order valence-electron chi connectivity index (χ0n) is 15.1. The Morgan fingerprint density at radius 2 is 1.81 bits per heavy atom. The van der Waals surface area contributed by atoms with Gasteiger partial charge in [0.05, 0.1) is 24.5 Å². The van der Waals surface area contributed by atoms with Gasteiger partial charge in [-0.2, -0.15) is 0 Å². The number of methoxy groups -OCH3 is 1. The standard InChI is InChI=1S/C19H22ClN3O4/c1-25-16-4-2-3-5-17(16)26-12-18(24)23-14-6-8-15(9-7-14)27-19-21-10-13(20)11-22-19/h2-5,10-11,14-15H,6-9,12H2,1H3,(H,23,24). The second-order valence-corrected chi connectivity index (χ2v) is 6.72. The van der Waals surface area contributed by atoms with Crippen molar-refractivity contribution >= 4 is 17.5 Å². The van der Waals surface area contributed by atoms with Gasteiger partial charge in [0.15, 0.2) is 18.1 Å². The molecule has 0 saturated heterocycles. The van der Waals surface area contributed by atoms with Gasteiger partial charge in [-0.3, -0.25) is 4.79 Å². The number of carbonyl (C=O) groups is 1. The molecule has 0 spiro atoms. The number of aromatic nitrogens is 2. The molecule has 27 heavy (non-hydrogen) atoms. The minimum Gasteiger partial charge on any atom is -0.493 e. The lowest BCUT2D eigenvalue weighted by molar-refractivity contribution is -0.124. The molecule has 144 valence electrons. The van der Waals surface area contributed by atoms with Crippen molar-refractivity contribution in [2.45, 2.75) is 37.8 Å². The molecule has 1 amide bonds. The third-order valence-electron chi connectivity index (χ3n) is 4.34. The van der Waals surface area contributed by atoms with E-state index >= 15 is 0 Å². The minimum atomic E-state index is -0.147. The number of para-hydroxylation sites is 2. The molecule has 0 atom stereocenters. The Kier molecular flexibility index (Phi) is 6.70. The molecule has 0 bridgehead atoms. The lowest BCUT2D eigenvalue weighted by Crippen LogP contribution is -2.41. The van der Waals surface area contributed by atoms with Crippen molar-refractivity contribution in [3.8, 4) is 17.5 Å². The van der Waals surface area contributed by atoms with Crippen LogP contribution in [0.5, 0.6) is 17.5 Å². The van der Waals surface area contributed by atoms with Gasteiger partial charge in [0.25, 0.3) is 5.91 Å². The molecular formula is C19H22ClN3O4. The predicted octanol–water partition coefficient (Wildman–Crippen LogP) is 3.02. The summed E-state index contributed by atoms with van der Waals surface area (Å²) in [6.07, 6.45) is 6.38. The van der Waals surface area contributed by atoms with Crippen LogP contribution in [-0.2, 0) is 4.79 Å². The number of halogens is 1. The first-order valence-electron chi connectivity index (χ1n) is 8.83. The van der Waals surface area contributed by atoms with Crippen LogP contribution < -0.4 is 19.5 Å². The molecule has 2 aromatic rings. The summed E-state index contributed by atoms with van der Waals surface area (Å²) in [5, 5.41) is 3.49. The van der Waals surface area contributed by atoms with Crippen LogP contribution in [0.1, 0.15) is 25.7 Å². The van der Waals surface area contributed by atoms with Gasteiger partial charge in [0, 0.05) is 6.04 Å². The molecule has 1 aromatic heterocycles. The summed E-state index contributed by atoms with van der Waals surface area (Å²) < 4.78 is 16.5. The van der Waals surface area contributed by atoms with Gasteiger partial charge in [-0.25, -0.2) is 9.97 Å². The normalized spacial score (nSPS) is 19.2. The van der Waals surface area contributed by atoms with Gasteiger partial charge in [-0.05, 0) is 37.8 Å². The predicted molar refractivity (Wildman–Crippen MR) is 100 cm³/mol. The number of ether oxygens (including phenoxy) is 3. The maximum Gasteiger partial charge on any atom is 0.316 e. The number of nitrogens with one attached hydrogen (secondary N) is 1. The summed E-state index contributed by atoms with van der Waals surface area (Å²) in [5.74, 6) is 1.01. The van der Waals surface area contributed by atoms with E-state index in [1.54, 1.807) is 19.2 Å². The molecule has 8 heteroatoms. The monoisotopic (exact) mass is 391 g/mol. The zero-order valence-corrected chi connectivity index (χ0v) is 15.8. The first-order valence-corrected chi connectivity index (χ1v) is 9.21. The summed E-state index contributed by atoms with van der Waals surface area (Å²) >= 11 is 5.77. The Hall–Kier alpha value is -2.54. The number of amides is 1. The second-order valence-electron chi connectivity index (χ2n) is 6.28. The minimum absolute atomic E-state index is 0.0455. The van der Waals surface area contributed by atoms with Crippen molar-refractivity contribution in [1.29, 1.82) is 0 Å². The third kappa shape index (κ3) is 5.72. The SMILES string of the molecule is COc1ccccc1OCC(=O)NC1CCC(Oc2ncc(Cl)cn2)CC1. The van der Waals surface area contributed by atoms with Crippen LogP contribution in [0.25, 0.3) is 0 Å². The molecule has 1 heterocycles. The maximum atomic E-state index is 12.1. The van der Waals surface area contributed by atoms with E-state index in [2.05, 4.69) is 15.3 Å². The highest BCUT2D eigenvalue weighted by molar-refractivity contribution is 6.30. The highest BCUT2D eigenvalue weighted by Crippen LogP contribution is 2.26. The Morgan fingerprint density at radius 1 is 1.15 bits per heavy atom. The Balaban J connectivity index is 1.39. The topological polar surface area (TPSA) is 82.6 Å². The molecule has 1 N–H and O–H groups in total. The van der Waals surface area contributed by atoms with E-state index in [9.17, 15) is 4.79 Å². The molecule has 1 aromatic carbocycles. The van der Waals surface area contributed by atoms with Crippen LogP contribution in [0.3, 0.4) is 0 Å². The Labute approximate surface area is 163 Å². The average Bonchev–Trinajstić information content (AvgIpc) is 2.70. The highest BCUT2D eigenvalue weighted by atomic mass is 35.5. The third-order valence-corrected chi connectivity index (χ3v) is 4.53. The van der Waals surface area contributed by atoms with Crippen LogP contribution >= 0.6 is 11.6 Å². The van der Waals surface area contributed by atoms with Crippen molar-refractivity contribution in [2.75, 3.05) is 13.7 Å². The van der Waals surface area contributed by atoms with Crippen LogP contribution in [0.4, 0.5) is 0 Å². The molecule has 1 aliphatic rings. The van der Waals surface area contributed by atoms with Crippen molar-refractivity contribution < 1.29 is 19.0 Å². The first kappa shape index (κ1) is 19.2. The number of hydrogen-bond acceptors (Lipinski definition) is 6. The summed E-state index contributed by atoms with van der Waals surface area (Å²) in [7, 11) is 1.57. The van der Waals surface area contributed by atoms with Crippen molar-refractivity contribution in [3.05, 3.63) is 41.7 Å². The highest BCUT2D eigenvalue weighted by Gasteiger charge is 2.24. The van der Waals surface area contributed by atoms with Crippen molar-refractivity contribution in [1.82, 2.24) is 15.3 Å². The van der Waals surface area contributed by atoms with Gasteiger partial charge < -0.3 is 19.5 Å². The number of hydrogen-bond donors (Lipinski definition) is 1. The van der Waals surface area contributed by atoms with E-state index in [1.165, 1.54) is 12.4 Å². The summed E-state index contributed by atoms with van der Waals surface area (Å²) in [6.45, 7) is -0.0462. The fourth-order valence-electron chi connectivity index (χ4n) is 2.99. The molecule has 1 saturated carbocycles. The van der Waals surface area contributed by atoms with E-state index in [1.807, 2.05) is 12.1 Å². The lowest BCUT2D eigenvalue weighted by atomic mass is 9.93. The summed E-state index contributed by atoms with van der Waals surface area (Å²) in [5.41, 5.74) is 0. The number of rotatable bonds is 7. The van der Waals surface area contributed by atoms with Crippen LogP contribution in [0.15, 0.2) is 36.7 Å². The van der Waals surface area contributed by atoms with E-state index in [0.29, 0.717) is 22.5 Å². The fourth-order valence-corrected chi connectivity index (χ4v) is 3.08. The van der Waals surface area contributed by atoms with Crippen LogP contribution in [-0.4, -0.2) is 41.7 Å². The van der Waals surface area contributed by atoms with Crippen LogP contribution in [0, 0.1) is 0 Å². The first-order chi connectivity index (χ1) is 13.1. The molecule has 1 aliphatic carbocycles. The molecule has 7 nitrogen and oxygen atoms in total. The molecule has 3 rings (SSSR count). The fraction of sp³-hybridized carbons (Fsp3) is 0.421. The number of carbonyl (C=O) groups excluding carboxylic acids is 1. The van der Waals surface area contributed by atoms with E-state index in [0.717, 1.165) is 25.7 Å². The van der Waals surface area contributed by atoms with Gasteiger partial charge in [-0.1, -0.05) is 23.7 Å². The number of benzene rings is 1. The smallest absolute Gasteiger partial charge is 0.316 e. The quantitative estimate of drug-likeness (QED) is 0.781. The Morgan fingerprint density at radius 3 is 2.48 bits per heavy atom. The van der Waals surface area contributed by atoms with Gasteiger partial charge in [0.1, 0.15) is 6.10 Å². The molecule has 0 unspecified atom stereocenters. The van der Waals surface area contributed by atoms with Gasteiger partial charge in [-0.15, -0.1) is 0 Å². The van der Waals surface area contributed by atoms with E-state index in [4.69, 9.17) is 25.8 Å². The number of nitrogens with zero attached hydrogens (tertiary/aromatic N) is 2. The maximum absolute atomic E-state index is 12.1. The molecule has 0 radical (unpaired) electrons. The largest absolute Gasteiger partial charge is 0.493 e. The summed E-state index contributed by atoms with van der Waals surface area (Å²) in [6, 6.07) is 7.69. The van der Waals surface area contributed by atoms with E-state index in [-0.39, 0.29) is 24.7 Å². The van der Waals surface area contributed by atoms with Gasteiger partial charge in [0.2, 0.25) is 0 Å². The zero-order chi connectivity index (χ0) is 19.1. The second kappa shape index (κ2) is 9.41. The average molecular weight is 392 g/mol. The van der Waals surface area contributed by atoms with E-state index < -0.39 is 0 Å².